The third-order valence-electron chi connectivity index (χ3n) is 21.7. The van der Waals surface area contributed by atoms with E-state index < -0.39 is 0 Å². The van der Waals surface area contributed by atoms with Crippen LogP contribution in [0.2, 0.25) is 0 Å². The molecule has 0 fully saturated rings. The van der Waals surface area contributed by atoms with E-state index >= 15 is 0 Å². The molecule has 0 saturated heterocycles. The van der Waals surface area contributed by atoms with Crippen LogP contribution in [-0.4, -0.2) is 0 Å². The van der Waals surface area contributed by atoms with Crippen LogP contribution < -0.4 is 9.80 Å². The Kier molecular flexibility index (Phi) is 14.5. The standard InChI is InChI=1S/C102H64N2OS/c1-3-20-68-54-72(42-40-65(68)18-1)70-23-13-28-81(56-70)103(83-30-15-25-75(58-83)96-60-77-22-5-6-32-86(77)88-33-7-8-34-89(88)96)80-48-44-67(45-49-80)74-46-51-91-92-52-47-78(63-99(92)105-98(91)62-74)87-38-17-27-79-61-97(90-35-9-10-37-95(90)102(79)87)76-26-16-31-84(59-76)104(85-50-53-94-93-36-11-12-39-100(93)106-101(94)64-85)82-29-14-24-71(57-82)73-43-41-66-19-2-4-21-69(66)55-73/h1-64H. The van der Waals surface area contributed by atoms with Gasteiger partial charge in [-0.1, -0.05) is 261 Å². The zero-order valence-electron chi connectivity index (χ0n) is 57.7. The smallest absolute Gasteiger partial charge is 0.136 e. The van der Waals surface area contributed by atoms with Crippen LogP contribution in [0.3, 0.4) is 0 Å². The summed E-state index contributed by atoms with van der Waals surface area (Å²) in [7, 11) is 0. The number of furan rings is 1. The molecule has 494 valence electrons. The van der Waals surface area contributed by atoms with E-state index in [0.29, 0.717) is 0 Å². The van der Waals surface area contributed by atoms with Gasteiger partial charge in [0.25, 0.3) is 0 Å². The van der Waals surface area contributed by atoms with Crippen molar-refractivity contribution in [2.24, 2.45) is 0 Å². The minimum Gasteiger partial charge on any atom is -0.456 e. The predicted octanol–water partition coefficient (Wildman–Crippen LogP) is 29.8. The van der Waals surface area contributed by atoms with E-state index in [2.05, 4.69) is 398 Å². The van der Waals surface area contributed by atoms with Crippen LogP contribution in [0.1, 0.15) is 0 Å². The van der Waals surface area contributed by atoms with Crippen molar-refractivity contribution in [2.75, 3.05) is 9.80 Å². The molecule has 0 unspecified atom stereocenters. The van der Waals surface area contributed by atoms with Crippen LogP contribution in [-0.2, 0) is 0 Å². The van der Waals surface area contributed by atoms with Crippen LogP contribution in [0.4, 0.5) is 34.1 Å². The van der Waals surface area contributed by atoms with Crippen molar-refractivity contribution < 1.29 is 4.42 Å². The molecule has 3 nitrogen and oxygen atoms in total. The van der Waals surface area contributed by atoms with Gasteiger partial charge < -0.3 is 14.2 Å². The molecule has 0 aliphatic heterocycles. The van der Waals surface area contributed by atoms with E-state index in [1.165, 1.54) is 113 Å². The fourth-order valence-electron chi connectivity index (χ4n) is 16.6. The van der Waals surface area contributed by atoms with Crippen LogP contribution in [0.5, 0.6) is 0 Å². The normalized spacial score (nSPS) is 11.8. The monoisotopic (exact) mass is 1360 g/mol. The Morgan fingerprint density at radius 2 is 0.566 bits per heavy atom. The summed E-state index contributed by atoms with van der Waals surface area (Å²) in [6.45, 7) is 0. The van der Waals surface area contributed by atoms with Gasteiger partial charge >= 0.3 is 0 Å². The molecule has 0 aliphatic rings. The predicted molar refractivity (Wildman–Crippen MR) is 454 cm³/mol. The Morgan fingerprint density at radius 1 is 0.179 bits per heavy atom. The lowest BCUT2D eigenvalue weighted by molar-refractivity contribution is 0.669. The van der Waals surface area contributed by atoms with Crippen molar-refractivity contribution in [3.8, 4) is 66.8 Å². The average molecular weight is 1370 g/mol. The van der Waals surface area contributed by atoms with E-state index in [0.717, 1.165) is 95.0 Å². The summed E-state index contributed by atoms with van der Waals surface area (Å²) < 4.78 is 9.52. The number of thiophene rings is 1. The first-order chi connectivity index (χ1) is 52.5. The molecule has 0 saturated carbocycles. The van der Waals surface area contributed by atoms with Crippen LogP contribution in [0.25, 0.3) is 174 Å². The second kappa shape index (κ2) is 25.1. The topological polar surface area (TPSA) is 19.6 Å². The molecule has 0 spiro atoms. The molecule has 0 atom stereocenters. The lowest BCUT2D eigenvalue weighted by Gasteiger charge is -2.27. The van der Waals surface area contributed by atoms with Gasteiger partial charge in [-0.2, -0.15) is 0 Å². The Hall–Kier alpha value is -13.6. The zero-order chi connectivity index (χ0) is 69.8. The van der Waals surface area contributed by atoms with Crippen molar-refractivity contribution in [3.63, 3.8) is 0 Å². The molecule has 0 aliphatic carbocycles. The van der Waals surface area contributed by atoms with E-state index in [-0.39, 0.29) is 0 Å². The Balaban J connectivity index is 0.623. The minimum absolute atomic E-state index is 0.853. The van der Waals surface area contributed by atoms with Gasteiger partial charge in [0.1, 0.15) is 11.2 Å². The Labute approximate surface area is 617 Å². The highest BCUT2D eigenvalue weighted by molar-refractivity contribution is 7.25. The minimum atomic E-state index is 0.853. The summed E-state index contributed by atoms with van der Waals surface area (Å²) in [4.78, 5) is 4.83. The van der Waals surface area contributed by atoms with E-state index in [4.69, 9.17) is 4.42 Å². The SMILES string of the molecule is c1cc(-c2ccc3ccccc3c2)cc(N(c2ccc(-c3ccc4c(c3)oc3cc(-c5cccc6cc(-c7cccc(N(c8cccc(-c9ccc%10ccccc%10c9)c8)c8ccc9c(c8)sc8ccccc89)c7)c7ccccc7c56)ccc34)cc2)c2cccc(-c3cc4ccccc4c4ccccc34)c2)c1. The average Bonchev–Trinajstić information content (AvgIpc) is 1.18. The zero-order valence-corrected chi connectivity index (χ0v) is 58.5. The first kappa shape index (κ1) is 61.1. The highest BCUT2D eigenvalue weighted by Crippen LogP contribution is 2.48. The summed E-state index contributed by atoms with van der Waals surface area (Å²) in [6, 6.07) is 143. The number of rotatable bonds is 12. The summed E-state index contributed by atoms with van der Waals surface area (Å²) in [6.07, 6.45) is 0. The molecule has 21 aromatic rings. The third kappa shape index (κ3) is 10.6. The number of hydrogen-bond donors (Lipinski definition) is 0. The van der Waals surface area contributed by atoms with Gasteiger partial charge in [-0.25, -0.2) is 0 Å². The lowest BCUT2D eigenvalue weighted by Crippen LogP contribution is -2.10. The molecule has 106 heavy (non-hydrogen) atoms. The molecule has 4 heteroatoms. The second-order valence-corrected chi connectivity index (χ2v) is 29.0. The van der Waals surface area contributed by atoms with Crippen molar-refractivity contribution in [1.29, 1.82) is 0 Å². The highest BCUT2D eigenvalue weighted by Gasteiger charge is 2.22. The van der Waals surface area contributed by atoms with Gasteiger partial charge in [-0.3, -0.25) is 0 Å². The summed E-state index contributed by atoms with van der Waals surface area (Å²) >= 11 is 1.85. The Bertz CT molecular complexity index is 7120. The Morgan fingerprint density at radius 3 is 1.20 bits per heavy atom. The van der Waals surface area contributed by atoms with Gasteiger partial charge in [0, 0.05) is 65.1 Å². The van der Waals surface area contributed by atoms with Crippen molar-refractivity contribution in [1.82, 2.24) is 0 Å². The van der Waals surface area contributed by atoms with Gasteiger partial charge in [-0.15, -0.1) is 11.3 Å². The van der Waals surface area contributed by atoms with Crippen LogP contribution in [0, 0.1) is 0 Å². The van der Waals surface area contributed by atoms with Gasteiger partial charge in [0.05, 0.1) is 0 Å². The molecule has 21 rings (SSSR count). The van der Waals surface area contributed by atoms with Gasteiger partial charge in [-0.05, 0) is 259 Å². The van der Waals surface area contributed by atoms with Crippen LogP contribution in [0.15, 0.2) is 393 Å². The molecule has 19 aromatic carbocycles. The number of anilines is 6. The quantitative estimate of drug-likeness (QED) is 0.114. The third-order valence-corrected chi connectivity index (χ3v) is 22.9. The molecule has 0 N–H and O–H groups in total. The second-order valence-electron chi connectivity index (χ2n) is 27.9. The molecular weight excluding hydrogens is 1300 g/mol. The number of benzene rings is 19. The number of hydrogen-bond acceptors (Lipinski definition) is 4. The first-order valence-electron chi connectivity index (χ1n) is 36.3. The first-order valence-corrected chi connectivity index (χ1v) is 37.1. The maximum atomic E-state index is 6.96. The van der Waals surface area contributed by atoms with Gasteiger partial charge in [0.2, 0.25) is 0 Å². The highest BCUT2D eigenvalue weighted by atomic mass is 32.1. The largest absolute Gasteiger partial charge is 0.456 e. The van der Waals surface area contributed by atoms with Crippen molar-refractivity contribution in [2.45, 2.75) is 0 Å². The maximum Gasteiger partial charge on any atom is 0.136 e. The summed E-state index contributed by atoms with van der Waals surface area (Å²) in [5, 5.41) is 19.4. The van der Waals surface area contributed by atoms with Crippen LogP contribution >= 0.6 is 11.3 Å². The van der Waals surface area contributed by atoms with Crippen molar-refractivity contribution >= 4 is 152 Å². The van der Waals surface area contributed by atoms with Crippen molar-refractivity contribution in [3.05, 3.63) is 388 Å². The number of nitrogens with zero attached hydrogens (tertiary/aromatic N) is 2. The van der Waals surface area contributed by atoms with E-state index in [9.17, 15) is 0 Å². The van der Waals surface area contributed by atoms with E-state index in [1.807, 2.05) is 11.3 Å². The summed E-state index contributed by atoms with van der Waals surface area (Å²) in [5.41, 5.74) is 22.0. The molecular formula is C102H64N2OS. The molecule has 0 amide bonds. The van der Waals surface area contributed by atoms with Gasteiger partial charge in [0.15, 0.2) is 0 Å². The maximum absolute atomic E-state index is 6.96. The molecule has 2 heterocycles. The number of fused-ring (bicyclic) bond motifs is 14. The molecule has 0 radical (unpaired) electrons. The fraction of sp³-hybridized carbons (Fsp3) is 0. The molecule has 0 bridgehead atoms. The van der Waals surface area contributed by atoms with E-state index in [1.54, 1.807) is 0 Å². The fourth-order valence-corrected chi connectivity index (χ4v) is 17.8. The molecule has 2 aromatic heterocycles. The lowest BCUT2D eigenvalue weighted by atomic mass is 9.89. The summed E-state index contributed by atoms with van der Waals surface area (Å²) in [5.74, 6) is 0.